The van der Waals surface area contributed by atoms with Crippen LogP contribution in [-0.4, -0.2) is 31.7 Å². The fourth-order valence-electron chi connectivity index (χ4n) is 1.59. The maximum absolute atomic E-state index is 5.89. The van der Waals surface area contributed by atoms with Gasteiger partial charge in [0.2, 0.25) is 0 Å². The van der Waals surface area contributed by atoms with Crippen molar-refractivity contribution in [1.29, 1.82) is 0 Å². The molecule has 0 bridgehead atoms. The van der Waals surface area contributed by atoms with Crippen molar-refractivity contribution in [2.24, 2.45) is 11.8 Å². The summed E-state index contributed by atoms with van der Waals surface area (Å²) in [6.45, 7) is 8.11. The Morgan fingerprint density at radius 3 is 2.71 bits per heavy atom. The molecule has 0 atom stereocenters. The fraction of sp³-hybridized carbons (Fsp3) is 1.00. The Morgan fingerprint density at radius 1 is 1.43 bits per heavy atom. The molecule has 84 valence electrons. The van der Waals surface area contributed by atoms with Gasteiger partial charge in [-0.3, -0.25) is 0 Å². The van der Waals surface area contributed by atoms with Gasteiger partial charge in [-0.05, 0) is 31.2 Å². The molecule has 0 heterocycles. The molecule has 1 aliphatic rings. The van der Waals surface area contributed by atoms with Crippen LogP contribution in [0.5, 0.6) is 0 Å². The van der Waals surface area contributed by atoms with Crippen LogP contribution >= 0.6 is 11.6 Å². The first-order valence-corrected chi connectivity index (χ1v) is 6.04. The predicted molar refractivity (Wildman–Crippen MR) is 60.9 cm³/mol. The summed E-state index contributed by atoms with van der Waals surface area (Å²) in [4.78, 5) is 0. The first-order valence-electron chi connectivity index (χ1n) is 5.61. The largest absolute Gasteiger partial charge is 0.380 e. The second kappa shape index (κ2) is 6.65. The minimum Gasteiger partial charge on any atom is -0.380 e. The van der Waals surface area contributed by atoms with Crippen LogP contribution in [-0.2, 0) is 4.74 Å². The third kappa shape index (κ3) is 5.18. The standard InChI is InChI=1S/C11H22ClNO/c1-9(2)8-14-4-3-13-7-10-5-11(12)6-10/h9-11,13H,3-8H2,1-2H3. The average Bonchev–Trinajstić information content (AvgIpc) is 2.07. The molecule has 0 unspecified atom stereocenters. The van der Waals surface area contributed by atoms with E-state index in [0.717, 1.165) is 32.2 Å². The minimum atomic E-state index is 0.444. The van der Waals surface area contributed by atoms with Gasteiger partial charge in [0, 0.05) is 18.5 Å². The first kappa shape index (κ1) is 12.3. The summed E-state index contributed by atoms with van der Waals surface area (Å²) < 4.78 is 5.46. The quantitative estimate of drug-likeness (QED) is 0.524. The summed E-state index contributed by atoms with van der Waals surface area (Å²) in [5.41, 5.74) is 0. The lowest BCUT2D eigenvalue weighted by molar-refractivity contribution is 0.110. The monoisotopic (exact) mass is 219 g/mol. The zero-order valence-electron chi connectivity index (χ0n) is 9.26. The molecule has 0 radical (unpaired) electrons. The molecule has 2 nitrogen and oxygen atoms in total. The number of nitrogens with one attached hydrogen (secondary N) is 1. The highest BCUT2D eigenvalue weighted by atomic mass is 35.5. The van der Waals surface area contributed by atoms with E-state index in [-0.39, 0.29) is 0 Å². The maximum Gasteiger partial charge on any atom is 0.0591 e. The Hall–Kier alpha value is 0.210. The van der Waals surface area contributed by atoms with Crippen molar-refractivity contribution in [2.75, 3.05) is 26.3 Å². The summed E-state index contributed by atoms with van der Waals surface area (Å²) >= 11 is 5.89. The van der Waals surface area contributed by atoms with Gasteiger partial charge in [0.1, 0.15) is 0 Å². The molecule has 0 saturated heterocycles. The Balaban J connectivity index is 1.76. The minimum absolute atomic E-state index is 0.444. The summed E-state index contributed by atoms with van der Waals surface area (Å²) in [5, 5.41) is 3.84. The lowest BCUT2D eigenvalue weighted by atomic mass is 9.85. The van der Waals surface area contributed by atoms with Crippen molar-refractivity contribution in [2.45, 2.75) is 32.1 Å². The molecular weight excluding hydrogens is 198 g/mol. The topological polar surface area (TPSA) is 21.3 Å². The van der Waals surface area contributed by atoms with E-state index in [1.54, 1.807) is 0 Å². The number of hydrogen-bond donors (Lipinski definition) is 1. The highest BCUT2D eigenvalue weighted by Crippen LogP contribution is 2.30. The maximum atomic E-state index is 5.89. The van der Waals surface area contributed by atoms with Crippen molar-refractivity contribution >= 4 is 11.6 Å². The van der Waals surface area contributed by atoms with Crippen LogP contribution in [0.4, 0.5) is 0 Å². The second-order valence-electron chi connectivity index (χ2n) is 4.61. The van der Waals surface area contributed by atoms with Gasteiger partial charge in [-0.1, -0.05) is 13.8 Å². The summed E-state index contributed by atoms with van der Waals surface area (Å²) in [6, 6.07) is 0. The van der Waals surface area contributed by atoms with Crippen LogP contribution in [0.1, 0.15) is 26.7 Å². The SMILES string of the molecule is CC(C)COCCNCC1CC(Cl)C1. The van der Waals surface area contributed by atoms with E-state index in [1.165, 1.54) is 12.8 Å². The molecule has 0 aliphatic heterocycles. The predicted octanol–water partition coefficient (Wildman–Crippen LogP) is 2.27. The lowest BCUT2D eigenvalue weighted by Gasteiger charge is -2.30. The second-order valence-corrected chi connectivity index (χ2v) is 5.22. The number of hydrogen-bond acceptors (Lipinski definition) is 2. The first-order chi connectivity index (χ1) is 6.68. The van der Waals surface area contributed by atoms with Gasteiger partial charge in [0.05, 0.1) is 6.61 Å². The molecule has 1 N–H and O–H groups in total. The van der Waals surface area contributed by atoms with Crippen LogP contribution in [0, 0.1) is 11.8 Å². The Labute approximate surface area is 92.3 Å². The Kier molecular flexibility index (Phi) is 5.83. The van der Waals surface area contributed by atoms with Gasteiger partial charge in [0.25, 0.3) is 0 Å². The smallest absolute Gasteiger partial charge is 0.0591 e. The zero-order chi connectivity index (χ0) is 10.4. The zero-order valence-corrected chi connectivity index (χ0v) is 10.0. The van der Waals surface area contributed by atoms with Gasteiger partial charge in [-0.15, -0.1) is 11.6 Å². The van der Waals surface area contributed by atoms with Crippen LogP contribution in [0.25, 0.3) is 0 Å². The summed E-state index contributed by atoms with van der Waals surface area (Å²) in [7, 11) is 0. The molecule has 0 amide bonds. The normalized spacial score (nSPS) is 26.6. The van der Waals surface area contributed by atoms with Gasteiger partial charge in [-0.2, -0.15) is 0 Å². The molecule has 0 aromatic heterocycles. The average molecular weight is 220 g/mol. The van der Waals surface area contributed by atoms with E-state index in [4.69, 9.17) is 16.3 Å². The molecule has 14 heavy (non-hydrogen) atoms. The lowest BCUT2D eigenvalue weighted by Crippen LogP contribution is -2.35. The Bertz CT molecular complexity index is 146. The van der Waals surface area contributed by atoms with Crippen molar-refractivity contribution in [1.82, 2.24) is 5.32 Å². The van der Waals surface area contributed by atoms with Gasteiger partial charge in [0.15, 0.2) is 0 Å². The van der Waals surface area contributed by atoms with E-state index in [9.17, 15) is 0 Å². The Morgan fingerprint density at radius 2 is 2.14 bits per heavy atom. The van der Waals surface area contributed by atoms with Crippen molar-refractivity contribution in [3.8, 4) is 0 Å². The van der Waals surface area contributed by atoms with Crippen LogP contribution < -0.4 is 5.32 Å². The number of alkyl halides is 1. The third-order valence-electron chi connectivity index (χ3n) is 2.49. The van der Waals surface area contributed by atoms with E-state index in [0.29, 0.717) is 11.3 Å². The number of ether oxygens (including phenoxy) is 1. The van der Waals surface area contributed by atoms with Gasteiger partial charge < -0.3 is 10.1 Å². The van der Waals surface area contributed by atoms with E-state index < -0.39 is 0 Å². The van der Waals surface area contributed by atoms with Crippen LogP contribution in [0.2, 0.25) is 0 Å². The van der Waals surface area contributed by atoms with Gasteiger partial charge >= 0.3 is 0 Å². The molecule has 0 aromatic rings. The molecular formula is C11H22ClNO. The molecule has 0 aromatic carbocycles. The molecule has 1 rings (SSSR count). The summed E-state index contributed by atoms with van der Waals surface area (Å²) in [5.74, 6) is 1.45. The molecule has 1 fully saturated rings. The third-order valence-corrected chi connectivity index (χ3v) is 2.84. The number of halogens is 1. The number of rotatable bonds is 7. The van der Waals surface area contributed by atoms with Crippen molar-refractivity contribution < 1.29 is 4.74 Å². The van der Waals surface area contributed by atoms with Gasteiger partial charge in [-0.25, -0.2) is 0 Å². The van der Waals surface area contributed by atoms with Crippen molar-refractivity contribution in [3.05, 3.63) is 0 Å². The highest BCUT2D eigenvalue weighted by molar-refractivity contribution is 6.21. The van der Waals surface area contributed by atoms with Crippen molar-refractivity contribution in [3.63, 3.8) is 0 Å². The molecule has 0 spiro atoms. The highest BCUT2D eigenvalue weighted by Gasteiger charge is 2.26. The van der Waals surface area contributed by atoms with E-state index in [1.807, 2.05) is 0 Å². The summed E-state index contributed by atoms with van der Waals surface area (Å²) in [6.07, 6.45) is 2.36. The molecule has 3 heteroatoms. The fourth-order valence-corrected chi connectivity index (χ4v) is 2.09. The van der Waals surface area contributed by atoms with E-state index in [2.05, 4.69) is 19.2 Å². The van der Waals surface area contributed by atoms with E-state index >= 15 is 0 Å². The molecule has 1 aliphatic carbocycles. The van der Waals surface area contributed by atoms with Crippen LogP contribution in [0.3, 0.4) is 0 Å². The molecule has 1 saturated carbocycles. The van der Waals surface area contributed by atoms with Crippen LogP contribution in [0.15, 0.2) is 0 Å².